The summed E-state index contributed by atoms with van der Waals surface area (Å²) in [4.78, 5) is 40.3. The molecule has 0 atom stereocenters. The minimum Gasteiger partial charge on any atom is -0.478 e. The highest BCUT2D eigenvalue weighted by Gasteiger charge is 2.19. The Labute approximate surface area is 279 Å². The van der Waals surface area contributed by atoms with Gasteiger partial charge in [0, 0.05) is 42.1 Å². The number of anilines is 3. The van der Waals surface area contributed by atoms with Gasteiger partial charge < -0.3 is 19.7 Å². The van der Waals surface area contributed by atoms with E-state index in [0.717, 1.165) is 38.2 Å². The van der Waals surface area contributed by atoms with Crippen LogP contribution in [-0.4, -0.2) is 41.7 Å². The molecule has 0 unspecified atom stereocenters. The number of pyridine rings is 3. The smallest absolute Gasteiger partial charge is 0.335 e. The van der Waals surface area contributed by atoms with Crippen LogP contribution in [0, 0.1) is 0 Å². The number of hydrogen-bond acceptors (Lipinski definition) is 7. The average Bonchev–Trinajstić information content (AvgIpc) is 3.76. The Morgan fingerprint density at radius 1 is 0.625 bits per heavy atom. The minimum atomic E-state index is -1.15. The van der Waals surface area contributed by atoms with Gasteiger partial charge in [-0.2, -0.15) is 0 Å². The van der Waals surface area contributed by atoms with Crippen molar-refractivity contribution in [1.82, 2.24) is 19.5 Å². The third-order valence-corrected chi connectivity index (χ3v) is 8.97. The second-order valence-corrected chi connectivity index (χ2v) is 12.0. The first-order chi connectivity index (χ1) is 23.4. The first-order valence-electron chi connectivity index (χ1n) is 14.9. The molecule has 0 bridgehead atoms. The van der Waals surface area contributed by atoms with Crippen molar-refractivity contribution in [3.63, 3.8) is 0 Å². The summed E-state index contributed by atoms with van der Waals surface area (Å²) in [7, 11) is 2.01. The molecular weight excluding hydrogens is 623 g/mol. The number of carboxylic acid groups (broad SMARTS) is 2. The van der Waals surface area contributed by atoms with Crippen LogP contribution in [0.5, 0.6) is 0 Å². The number of thiophene rings is 1. The lowest BCUT2D eigenvalue weighted by Crippen LogP contribution is -2.07. The second-order valence-electron chi connectivity index (χ2n) is 10.9. The Hall–Kier alpha value is -6.39. The second kappa shape index (κ2) is 12.8. The van der Waals surface area contributed by atoms with Crippen LogP contribution in [0.15, 0.2) is 134 Å². The van der Waals surface area contributed by atoms with Crippen molar-refractivity contribution in [3.05, 3.63) is 145 Å². The molecule has 10 heteroatoms. The molecule has 234 valence electrons. The number of aromatic carboxylic acids is 2. The number of para-hydroxylation sites is 2. The molecule has 0 aliphatic rings. The van der Waals surface area contributed by atoms with Gasteiger partial charge in [0.1, 0.15) is 5.00 Å². The third kappa shape index (κ3) is 5.95. The van der Waals surface area contributed by atoms with Crippen LogP contribution >= 0.6 is 11.3 Å². The summed E-state index contributed by atoms with van der Waals surface area (Å²) in [5, 5.41) is 20.4. The first-order valence-corrected chi connectivity index (χ1v) is 15.8. The molecule has 5 aromatic heterocycles. The monoisotopic (exact) mass is 649 g/mol. The molecule has 0 saturated carbocycles. The van der Waals surface area contributed by atoms with E-state index >= 15 is 0 Å². The molecule has 7 aromatic rings. The third-order valence-electron chi connectivity index (χ3n) is 7.87. The van der Waals surface area contributed by atoms with Gasteiger partial charge >= 0.3 is 11.9 Å². The maximum Gasteiger partial charge on any atom is 0.335 e. The van der Waals surface area contributed by atoms with Crippen LogP contribution in [0.4, 0.5) is 16.4 Å². The fourth-order valence-corrected chi connectivity index (χ4v) is 6.65. The molecule has 2 aromatic carbocycles. The van der Waals surface area contributed by atoms with E-state index in [2.05, 4.69) is 66.9 Å². The molecule has 0 aliphatic heterocycles. The van der Waals surface area contributed by atoms with Gasteiger partial charge in [-0.1, -0.05) is 36.4 Å². The molecule has 0 saturated heterocycles. The van der Waals surface area contributed by atoms with Crippen molar-refractivity contribution in [2.45, 2.75) is 0 Å². The zero-order valence-corrected chi connectivity index (χ0v) is 26.4. The SMILES string of the molecule is Cn1c(-c2ccnc(-c3cc(C(=O)O)cc(-c4cc(C(=O)O)ccn4)n3)c2)ccc1-c1ccc(N(c2ccccc2)c2ccccc2)s1. The molecule has 7 rings (SSSR count). The molecule has 2 N–H and O–H groups in total. The van der Waals surface area contributed by atoms with Crippen molar-refractivity contribution < 1.29 is 19.8 Å². The Morgan fingerprint density at radius 2 is 1.19 bits per heavy atom. The van der Waals surface area contributed by atoms with Crippen molar-refractivity contribution in [2.24, 2.45) is 7.05 Å². The topological polar surface area (TPSA) is 121 Å². The van der Waals surface area contributed by atoms with Gasteiger partial charge in [-0.15, -0.1) is 11.3 Å². The van der Waals surface area contributed by atoms with E-state index in [1.54, 1.807) is 17.5 Å². The molecule has 9 nitrogen and oxygen atoms in total. The maximum absolute atomic E-state index is 12.1. The summed E-state index contributed by atoms with van der Waals surface area (Å²) in [6.45, 7) is 0. The highest BCUT2D eigenvalue weighted by molar-refractivity contribution is 7.19. The van der Waals surface area contributed by atoms with E-state index in [-0.39, 0.29) is 22.5 Å². The summed E-state index contributed by atoms with van der Waals surface area (Å²) in [5.74, 6) is -2.26. The zero-order chi connectivity index (χ0) is 33.2. The number of aromatic nitrogens is 4. The minimum absolute atomic E-state index is 0.0144. The number of rotatable bonds is 9. The quantitative estimate of drug-likeness (QED) is 0.159. The highest BCUT2D eigenvalue weighted by Crippen LogP contribution is 2.42. The molecule has 5 heterocycles. The van der Waals surface area contributed by atoms with E-state index in [4.69, 9.17) is 0 Å². The summed E-state index contributed by atoms with van der Waals surface area (Å²) in [5.41, 5.74) is 6.28. The predicted molar refractivity (Wildman–Crippen MR) is 187 cm³/mol. The summed E-state index contributed by atoms with van der Waals surface area (Å²) < 4.78 is 2.12. The number of carbonyl (C=O) groups is 2. The highest BCUT2D eigenvalue weighted by atomic mass is 32.1. The normalized spacial score (nSPS) is 10.9. The van der Waals surface area contributed by atoms with Crippen molar-refractivity contribution in [2.75, 3.05) is 4.90 Å². The average molecular weight is 650 g/mol. The number of nitrogens with zero attached hydrogens (tertiary/aromatic N) is 5. The molecule has 0 amide bonds. The van der Waals surface area contributed by atoms with Gasteiger partial charge in [0.25, 0.3) is 0 Å². The van der Waals surface area contributed by atoms with Gasteiger partial charge in [-0.3, -0.25) is 9.97 Å². The van der Waals surface area contributed by atoms with Gasteiger partial charge in [0.15, 0.2) is 0 Å². The van der Waals surface area contributed by atoms with Crippen LogP contribution in [0.3, 0.4) is 0 Å². The van der Waals surface area contributed by atoms with Crippen LogP contribution < -0.4 is 4.90 Å². The lowest BCUT2D eigenvalue weighted by atomic mass is 10.1. The number of hydrogen-bond donors (Lipinski definition) is 2. The van der Waals surface area contributed by atoms with Gasteiger partial charge in [0.05, 0.1) is 44.5 Å². The summed E-state index contributed by atoms with van der Waals surface area (Å²) in [6.07, 6.45) is 3.02. The zero-order valence-electron chi connectivity index (χ0n) is 25.6. The Balaban J connectivity index is 1.24. The fraction of sp³-hybridized carbons (Fsp3) is 0.0263. The van der Waals surface area contributed by atoms with Crippen LogP contribution in [0.2, 0.25) is 0 Å². The Bertz CT molecular complexity index is 2240. The van der Waals surface area contributed by atoms with Gasteiger partial charge in [0.2, 0.25) is 0 Å². The van der Waals surface area contributed by atoms with Crippen molar-refractivity contribution in [1.29, 1.82) is 0 Å². The van der Waals surface area contributed by atoms with Crippen molar-refractivity contribution >= 4 is 39.7 Å². The number of carboxylic acids is 2. The van der Waals surface area contributed by atoms with Gasteiger partial charge in [-0.05, 0) is 84.9 Å². The summed E-state index contributed by atoms with van der Waals surface area (Å²) in [6, 6.07) is 38.3. The molecule has 0 radical (unpaired) electrons. The first kappa shape index (κ1) is 30.3. The lowest BCUT2D eigenvalue weighted by Gasteiger charge is -2.23. The molecule has 0 aliphatic carbocycles. The lowest BCUT2D eigenvalue weighted by molar-refractivity contribution is 0.0686. The summed E-state index contributed by atoms with van der Waals surface area (Å²) >= 11 is 1.70. The Morgan fingerprint density at radius 3 is 1.81 bits per heavy atom. The van der Waals surface area contributed by atoms with E-state index in [1.165, 1.54) is 30.5 Å². The largest absolute Gasteiger partial charge is 0.478 e. The molecule has 48 heavy (non-hydrogen) atoms. The molecule has 0 spiro atoms. The number of benzene rings is 2. The van der Waals surface area contributed by atoms with Gasteiger partial charge in [-0.25, -0.2) is 14.6 Å². The van der Waals surface area contributed by atoms with E-state index < -0.39 is 11.9 Å². The van der Waals surface area contributed by atoms with Crippen LogP contribution in [0.1, 0.15) is 20.7 Å². The molecular formula is C38H27N5O4S. The van der Waals surface area contributed by atoms with E-state index in [9.17, 15) is 19.8 Å². The van der Waals surface area contributed by atoms with Crippen molar-refractivity contribution in [3.8, 4) is 44.6 Å². The Kier molecular flexibility index (Phi) is 8.06. The predicted octanol–water partition coefficient (Wildman–Crippen LogP) is 8.81. The van der Waals surface area contributed by atoms with E-state index in [0.29, 0.717) is 11.4 Å². The fourth-order valence-electron chi connectivity index (χ4n) is 5.54. The van der Waals surface area contributed by atoms with Crippen LogP contribution in [0.25, 0.3) is 44.6 Å². The maximum atomic E-state index is 12.1. The molecule has 0 fully saturated rings. The van der Waals surface area contributed by atoms with Crippen LogP contribution in [-0.2, 0) is 7.05 Å². The standard InChI is InChI=1S/C38H27N5O4S/c1-42-33(12-13-34(42)35-14-15-36(48-35)43(27-8-4-2-5-9-27)28-10-6-3-7-11-28)24-16-18-39-29(20-24)31-22-26(38(46)47)23-32(41-31)30-21-25(37(44)45)17-19-40-30/h2-23H,1H3,(H,44,45)(H,46,47). The van der Waals surface area contributed by atoms with E-state index in [1.807, 2.05) is 61.6 Å².